The van der Waals surface area contributed by atoms with Crippen molar-refractivity contribution in [3.8, 4) is 0 Å². The molecule has 2 aromatic carbocycles. The van der Waals surface area contributed by atoms with Crippen LogP contribution in [0.15, 0.2) is 59.8 Å². The van der Waals surface area contributed by atoms with Crippen LogP contribution in [-0.2, 0) is 11.3 Å². The van der Waals surface area contributed by atoms with Crippen molar-refractivity contribution in [1.29, 1.82) is 0 Å². The summed E-state index contributed by atoms with van der Waals surface area (Å²) in [5, 5.41) is 13.1. The summed E-state index contributed by atoms with van der Waals surface area (Å²) in [6, 6.07) is 18.6. The predicted octanol–water partition coefficient (Wildman–Crippen LogP) is 4.67. The zero-order valence-corrected chi connectivity index (χ0v) is 19.1. The highest BCUT2D eigenvalue weighted by molar-refractivity contribution is 8.00. The number of para-hydroxylation sites is 1. The van der Waals surface area contributed by atoms with Gasteiger partial charge in [-0.1, -0.05) is 74.1 Å². The van der Waals surface area contributed by atoms with Gasteiger partial charge in [-0.15, -0.1) is 10.2 Å². The van der Waals surface area contributed by atoms with Crippen molar-refractivity contribution in [2.45, 2.75) is 50.7 Å². The molecule has 4 aromatic rings. The Hall–Kier alpha value is -2.93. The number of carbonyl (C=O) groups excluding carboxylic acids is 1. The quantitative estimate of drug-likeness (QED) is 0.429. The van der Waals surface area contributed by atoms with Crippen LogP contribution >= 0.6 is 11.8 Å². The lowest BCUT2D eigenvalue weighted by Crippen LogP contribution is -2.40. The molecule has 0 aliphatic rings. The molecule has 0 aliphatic carbocycles. The summed E-state index contributed by atoms with van der Waals surface area (Å²) in [5.41, 5.74) is 3.82. The summed E-state index contributed by atoms with van der Waals surface area (Å²) in [6.07, 6.45) is 0. The molecule has 160 valence electrons. The number of hydrogen-bond acceptors (Lipinski definition) is 5. The standard InChI is InChI=1S/C24H27N5OS/c1-15(2)16(3)25-23(30)17(4)31-24-26-22-21(27-28-24)19-12-8-9-13-20(19)29(22)14-18-10-6-5-7-11-18/h5-13,15-17H,14H2,1-4H3,(H,25,30). The van der Waals surface area contributed by atoms with Gasteiger partial charge in [-0.25, -0.2) is 4.98 Å². The van der Waals surface area contributed by atoms with E-state index in [0.29, 0.717) is 17.6 Å². The lowest BCUT2D eigenvalue weighted by molar-refractivity contribution is -0.121. The third-order valence-corrected chi connectivity index (χ3v) is 6.51. The molecule has 2 heterocycles. The van der Waals surface area contributed by atoms with Gasteiger partial charge < -0.3 is 9.88 Å². The van der Waals surface area contributed by atoms with Gasteiger partial charge in [-0.2, -0.15) is 0 Å². The number of hydrogen-bond donors (Lipinski definition) is 1. The van der Waals surface area contributed by atoms with E-state index >= 15 is 0 Å². The number of nitrogens with zero attached hydrogens (tertiary/aromatic N) is 4. The fourth-order valence-electron chi connectivity index (χ4n) is 3.39. The summed E-state index contributed by atoms with van der Waals surface area (Å²) in [4.78, 5) is 17.4. The number of benzene rings is 2. The van der Waals surface area contributed by atoms with Crippen molar-refractivity contribution in [2.24, 2.45) is 5.92 Å². The Morgan fingerprint density at radius 3 is 2.45 bits per heavy atom. The molecule has 0 spiro atoms. The fraction of sp³-hybridized carbons (Fsp3) is 0.333. The normalized spacial score (nSPS) is 13.6. The highest BCUT2D eigenvalue weighted by Gasteiger charge is 2.21. The molecule has 1 amide bonds. The minimum absolute atomic E-state index is 0.0141. The lowest BCUT2D eigenvalue weighted by atomic mass is 10.1. The van der Waals surface area contributed by atoms with Crippen LogP contribution in [0.2, 0.25) is 0 Å². The monoisotopic (exact) mass is 433 g/mol. The molecule has 6 nitrogen and oxygen atoms in total. The molecule has 2 atom stereocenters. The molecule has 31 heavy (non-hydrogen) atoms. The van der Waals surface area contributed by atoms with E-state index in [-0.39, 0.29) is 17.2 Å². The van der Waals surface area contributed by atoms with Crippen LogP contribution in [0.25, 0.3) is 22.1 Å². The van der Waals surface area contributed by atoms with Gasteiger partial charge >= 0.3 is 0 Å². The Bertz CT molecular complexity index is 1200. The Morgan fingerprint density at radius 2 is 1.71 bits per heavy atom. The summed E-state index contributed by atoms with van der Waals surface area (Å²) in [5.74, 6) is 0.365. The molecule has 1 N–H and O–H groups in total. The first-order chi connectivity index (χ1) is 14.9. The number of rotatable bonds is 7. The van der Waals surface area contributed by atoms with Crippen LogP contribution < -0.4 is 5.32 Å². The largest absolute Gasteiger partial charge is 0.352 e. The Kier molecular flexibility index (Phi) is 6.23. The topological polar surface area (TPSA) is 72.7 Å². The summed E-state index contributed by atoms with van der Waals surface area (Å²) < 4.78 is 2.17. The first-order valence-electron chi connectivity index (χ1n) is 10.6. The van der Waals surface area contributed by atoms with Crippen LogP contribution in [0.5, 0.6) is 0 Å². The van der Waals surface area contributed by atoms with Gasteiger partial charge in [-0.05, 0) is 31.4 Å². The maximum atomic E-state index is 12.6. The predicted molar refractivity (Wildman–Crippen MR) is 126 cm³/mol. The summed E-state index contributed by atoms with van der Waals surface area (Å²) in [6.45, 7) is 8.77. The van der Waals surface area contributed by atoms with Gasteiger partial charge in [0, 0.05) is 18.0 Å². The molecule has 0 saturated heterocycles. The lowest BCUT2D eigenvalue weighted by Gasteiger charge is -2.19. The van der Waals surface area contributed by atoms with Gasteiger partial charge in [-0.3, -0.25) is 4.79 Å². The van der Waals surface area contributed by atoms with Gasteiger partial charge in [0.1, 0.15) is 5.52 Å². The van der Waals surface area contributed by atoms with Gasteiger partial charge in [0.2, 0.25) is 11.1 Å². The van der Waals surface area contributed by atoms with E-state index in [1.165, 1.54) is 17.3 Å². The van der Waals surface area contributed by atoms with E-state index in [1.807, 2.05) is 50.2 Å². The van der Waals surface area contributed by atoms with E-state index in [0.717, 1.165) is 22.1 Å². The van der Waals surface area contributed by atoms with E-state index in [4.69, 9.17) is 4.98 Å². The molecule has 0 bridgehead atoms. The van der Waals surface area contributed by atoms with Crippen molar-refractivity contribution >= 4 is 39.7 Å². The number of carbonyl (C=O) groups is 1. The smallest absolute Gasteiger partial charge is 0.233 e. The van der Waals surface area contributed by atoms with Gasteiger partial charge in [0.25, 0.3) is 0 Å². The van der Waals surface area contributed by atoms with Crippen LogP contribution in [0.4, 0.5) is 0 Å². The Labute approximate surface area is 186 Å². The molecular weight excluding hydrogens is 406 g/mol. The molecule has 2 unspecified atom stereocenters. The molecular formula is C24H27N5OS. The first kappa shape index (κ1) is 21.3. The van der Waals surface area contributed by atoms with Crippen LogP contribution in [0.1, 0.15) is 33.3 Å². The minimum atomic E-state index is -0.313. The fourth-order valence-corrected chi connectivity index (χ4v) is 4.10. The molecule has 0 saturated carbocycles. The Morgan fingerprint density at radius 1 is 1.00 bits per heavy atom. The number of nitrogens with one attached hydrogen (secondary N) is 1. The maximum Gasteiger partial charge on any atom is 0.233 e. The van der Waals surface area contributed by atoms with E-state index in [2.05, 4.69) is 52.1 Å². The van der Waals surface area contributed by atoms with Crippen molar-refractivity contribution in [3.63, 3.8) is 0 Å². The SMILES string of the molecule is CC(Sc1nnc2c3ccccc3n(Cc3ccccc3)c2n1)C(=O)NC(C)C(C)C. The zero-order valence-electron chi connectivity index (χ0n) is 18.2. The highest BCUT2D eigenvalue weighted by Crippen LogP contribution is 2.29. The average molecular weight is 434 g/mol. The number of aromatic nitrogens is 4. The van der Waals surface area contributed by atoms with Crippen molar-refractivity contribution in [1.82, 2.24) is 25.1 Å². The van der Waals surface area contributed by atoms with E-state index < -0.39 is 0 Å². The minimum Gasteiger partial charge on any atom is -0.352 e. The van der Waals surface area contributed by atoms with Crippen LogP contribution in [0.3, 0.4) is 0 Å². The van der Waals surface area contributed by atoms with Crippen molar-refractivity contribution in [3.05, 3.63) is 60.2 Å². The first-order valence-corrected chi connectivity index (χ1v) is 11.4. The second-order valence-corrected chi connectivity index (χ2v) is 9.46. The molecule has 0 fully saturated rings. The third-order valence-electron chi connectivity index (χ3n) is 5.56. The molecule has 4 rings (SSSR count). The summed E-state index contributed by atoms with van der Waals surface area (Å²) in [7, 11) is 0. The molecule has 0 radical (unpaired) electrons. The van der Waals surface area contributed by atoms with Gasteiger partial charge in [0.15, 0.2) is 5.65 Å². The van der Waals surface area contributed by atoms with Crippen molar-refractivity contribution < 1.29 is 4.79 Å². The summed E-state index contributed by atoms with van der Waals surface area (Å²) >= 11 is 1.34. The van der Waals surface area contributed by atoms with Crippen molar-refractivity contribution in [2.75, 3.05) is 0 Å². The van der Waals surface area contributed by atoms with Crippen LogP contribution in [0, 0.1) is 5.92 Å². The van der Waals surface area contributed by atoms with Gasteiger partial charge in [0.05, 0.1) is 10.8 Å². The molecule has 7 heteroatoms. The van der Waals surface area contributed by atoms with E-state index in [9.17, 15) is 4.79 Å². The molecule has 0 aliphatic heterocycles. The Balaban J connectivity index is 1.67. The third kappa shape index (κ3) is 4.56. The second-order valence-electron chi connectivity index (χ2n) is 8.16. The zero-order chi connectivity index (χ0) is 22.0. The van der Waals surface area contributed by atoms with E-state index in [1.54, 1.807) is 0 Å². The average Bonchev–Trinajstić information content (AvgIpc) is 3.07. The number of fused-ring (bicyclic) bond motifs is 3. The number of thioether (sulfide) groups is 1. The highest BCUT2D eigenvalue weighted by atomic mass is 32.2. The number of amides is 1. The molecule has 2 aromatic heterocycles. The second kappa shape index (κ2) is 9.06. The maximum absolute atomic E-state index is 12.6. The van der Waals surface area contributed by atoms with Crippen LogP contribution in [-0.4, -0.2) is 36.9 Å².